The van der Waals surface area contributed by atoms with Crippen molar-refractivity contribution >= 4 is 48.1 Å². The summed E-state index contributed by atoms with van der Waals surface area (Å²) in [6.45, 7) is 2.75. The molecule has 0 radical (unpaired) electrons. The number of carboxylic acids is 1. The number of aliphatic carboxylic acids is 1. The van der Waals surface area contributed by atoms with Crippen LogP contribution in [0.2, 0.25) is 0 Å². The van der Waals surface area contributed by atoms with Crippen LogP contribution in [0, 0.1) is 0 Å². The lowest BCUT2D eigenvalue weighted by molar-refractivity contribution is -0.141. The molecule has 0 saturated carbocycles. The molecule has 0 aromatic carbocycles. The van der Waals surface area contributed by atoms with Crippen LogP contribution in [0.15, 0.2) is 0 Å². The molecule has 27 heavy (non-hydrogen) atoms. The first-order valence-corrected chi connectivity index (χ1v) is 10.2. The molecule has 3 amide bonds. The molecule has 10 nitrogen and oxygen atoms in total. The average molecular weight is 425 g/mol. The number of carbonyl (C=O) groups is 4. The van der Waals surface area contributed by atoms with E-state index in [2.05, 4.69) is 28.6 Å². The summed E-state index contributed by atoms with van der Waals surface area (Å²) in [6, 6.07) is -4.36. The van der Waals surface area contributed by atoms with Gasteiger partial charge in [-0.3, -0.25) is 14.4 Å². The summed E-state index contributed by atoms with van der Waals surface area (Å²) in [5, 5.41) is 25.5. The standard InChI is InChI=1S/C15H28N4O6S2/c1-7(17-14(23)11(16)8(2)20)12(21)18-9(4-5-27-3)13(22)19-10(6-26)15(24)25/h7-11,20,26H,4-6,16H2,1-3H3,(H,17,23)(H,18,21)(H,19,22)(H,24,25). The van der Waals surface area contributed by atoms with Crippen molar-refractivity contribution < 1.29 is 29.4 Å². The summed E-state index contributed by atoms with van der Waals surface area (Å²) in [5.41, 5.74) is 5.50. The van der Waals surface area contributed by atoms with Crippen LogP contribution in [0.5, 0.6) is 0 Å². The number of thiol groups is 1. The smallest absolute Gasteiger partial charge is 0.327 e. The number of carbonyl (C=O) groups excluding carboxylic acids is 3. The quantitative estimate of drug-likeness (QED) is 0.175. The third-order valence-corrected chi connectivity index (χ3v) is 4.62. The van der Waals surface area contributed by atoms with Gasteiger partial charge in [-0.25, -0.2) is 4.79 Å². The molecule has 0 aliphatic rings. The van der Waals surface area contributed by atoms with E-state index in [1.165, 1.54) is 25.6 Å². The third kappa shape index (κ3) is 9.31. The summed E-state index contributed by atoms with van der Waals surface area (Å²) in [5.74, 6) is -2.79. The van der Waals surface area contributed by atoms with Crippen molar-refractivity contribution in [3.63, 3.8) is 0 Å². The molecule has 0 heterocycles. The van der Waals surface area contributed by atoms with E-state index in [1.807, 2.05) is 6.26 Å². The predicted octanol–water partition coefficient (Wildman–Crippen LogP) is -2.06. The van der Waals surface area contributed by atoms with Crippen LogP contribution < -0.4 is 21.7 Å². The number of aliphatic hydroxyl groups excluding tert-OH is 1. The van der Waals surface area contributed by atoms with Crippen molar-refractivity contribution in [1.82, 2.24) is 16.0 Å². The van der Waals surface area contributed by atoms with Gasteiger partial charge in [0.1, 0.15) is 24.2 Å². The second-order valence-electron chi connectivity index (χ2n) is 5.92. The first-order valence-electron chi connectivity index (χ1n) is 8.22. The molecule has 0 aliphatic carbocycles. The Morgan fingerprint density at radius 3 is 2.04 bits per heavy atom. The van der Waals surface area contributed by atoms with Crippen LogP contribution >= 0.6 is 24.4 Å². The fraction of sp³-hybridized carbons (Fsp3) is 0.733. The van der Waals surface area contributed by atoms with Gasteiger partial charge in [0.25, 0.3) is 0 Å². The lowest BCUT2D eigenvalue weighted by Crippen LogP contribution is -2.57. The Balaban J connectivity index is 4.95. The van der Waals surface area contributed by atoms with Crippen LogP contribution in [-0.4, -0.2) is 81.9 Å². The first kappa shape index (κ1) is 25.5. The van der Waals surface area contributed by atoms with E-state index in [9.17, 15) is 24.3 Å². The number of hydrogen-bond acceptors (Lipinski definition) is 8. The molecule has 0 saturated heterocycles. The Bertz CT molecular complexity index is 534. The minimum atomic E-state index is -1.24. The zero-order valence-electron chi connectivity index (χ0n) is 15.5. The minimum absolute atomic E-state index is 0.103. The second-order valence-corrected chi connectivity index (χ2v) is 7.27. The Morgan fingerprint density at radius 2 is 1.59 bits per heavy atom. The third-order valence-electron chi connectivity index (χ3n) is 3.62. The van der Waals surface area contributed by atoms with Crippen molar-refractivity contribution in [2.75, 3.05) is 17.8 Å². The molecule has 12 heteroatoms. The topological polar surface area (TPSA) is 171 Å². The average Bonchev–Trinajstić information content (AvgIpc) is 2.61. The highest BCUT2D eigenvalue weighted by Crippen LogP contribution is 2.03. The van der Waals surface area contributed by atoms with Crippen LogP contribution in [0.4, 0.5) is 0 Å². The van der Waals surface area contributed by atoms with Crippen molar-refractivity contribution in [1.29, 1.82) is 0 Å². The number of amides is 3. The Labute approximate surface area is 167 Å². The zero-order valence-corrected chi connectivity index (χ0v) is 17.2. The number of nitrogens with one attached hydrogen (secondary N) is 3. The number of nitrogens with two attached hydrogens (primary N) is 1. The van der Waals surface area contributed by atoms with E-state index >= 15 is 0 Å². The van der Waals surface area contributed by atoms with E-state index in [0.29, 0.717) is 5.75 Å². The van der Waals surface area contributed by atoms with E-state index in [1.54, 1.807) is 0 Å². The maximum Gasteiger partial charge on any atom is 0.327 e. The van der Waals surface area contributed by atoms with Gasteiger partial charge in [-0.1, -0.05) is 0 Å². The summed E-state index contributed by atoms with van der Waals surface area (Å²) in [6.07, 6.45) is 1.01. The van der Waals surface area contributed by atoms with Crippen LogP contribution in [0.1, 0.15) is 20.3 Å². The number of thioether (sulfide) groups is 1. The molecule has 5 unspecified atom stereocenters. The van der Waals surface area contributed by atoms with Gasteiger partial charge < -0.3 is 31.9 Å². The lowest BCUT2D eigenvalue weighted by Gasteiger charge is -2.23. The van der Waals surface area contributed by atoms with Gasteiger partial charge in [0.2, 0.25) is 17.7 Å². The van der Waals surface area contributed by atoms with Gasteiger partial charge in [0.15, 0.2) is 0 Å². The molecule has 5 atom stereocenters. The molecule has 0 fully saturated rings. The highest BCUT2D eigenvalue weighted by molar-refractivity contribution is 7.98. The molecule has 0 spiro atoms. The monoisotopic (exact) mass is 424 g/mol. The van der Waals surface area contributed by atoms with Crippen molar-refractivity contribution in [2.45, 2.75) is 50.5 Å². The number of carboxylic acid groups (broad SMARTS) is 1. The first-order chi connectivity index (χ1) is 12.5. The van der Waals surface area contributed by atoms with Crippen LogP contribution in [-0.2, 0) is 19.2 Å². The van der Waals surface area contributed by atoms with Crippen LogP contribution in [0.25, 0.3) is 0 Å². The van der Waals surface area contributed by atoms with Gasteiger partial charge in [-0.15, -0.1) is 0 Å². The molecule has 156 valence electrons. The molecule has 0 aromatic rings. The predicted molar refractivity (Wildman–Crippen MR) is 106 cm³/mol. The fourth-order valence-electron chi connectivity index (χ4n) is 1.85. The van der Waals surface area contributed by atoms with Gasteiger partial charge >= 0.3 is 5.97 Å². The largest absolute Gasteiger partial charge is 0.480 e. The summed E-state index contributed by atoms with van der Waals surface area (Å²) >= 11 is 5.33. The van der Waals surface area contributed by atoms with Crippen molar-refractivity contribution in [3.8, 4) is 0 Å². The lowest BCUT2D eigenvalue weighted by atomic mass is 10.1. The number of hydrogen-bond donors (Lipinski definition) is 7. The van der Waals surface area contributed by atoms with Crippen LogP contribution in [0.3, 0.4) is 0 Å². The Hall–Kier alpha value is -1.50. The van der Waals surface area contributed by atoms with Gasteiger partial charge in [0.05, 0.1) is 6.10 Å². The Kier molecular flexibility index (Phi) is 12.1. The highest BCUT2D eigenvalue weighted by Gasteiger charge is 2.28. The second kappa shape index (κ2) is 12.8. The maximum atomic E-state index is 12.3. The fourth-order valence-corrected chi connectivity index (χ4v) is 2.57. The van der Waals surface area contributed by atoms with E-state index in [0.717, 1.165) is 0 Å². The molecule has 0 bridgehead atoms. The molecule has 7 N–H and O–H groups in total. The molecular weight excluding hydrogens is 396 g/mol. The van der Waals surface area contributed by atoms with Gasteiger partial charge in [0, 0.05) is 5.75 Å². The molecule has 0 rings (SSSR count). The molecule has 0 aliphatic heterocycles. The van der Waals surface area contributed by atoms with E-state index < -0.39 is 54.0 Å². The SMILES string of the molecule is CSCCC(NC(=O)C(C)NC(=O)C(N)C(C)O)C(=O)NC(CS)C(=O)O. The van der Waals surface area contributed by atoms with Gasteiger partial charge in [-0.05, 0) is 32.3 Å². The number of rotatable bonds is 12. The minimum Gasteiger partial charge on any atom is -0.480 e. The summed E-state index contributed by atoms with van der Waals surface area (Å²) < 4.78 is 0. The summed E-state index contributed by atoms with van der Waals surface area (Å²) in [7, 11) is 0. The maximum absolute atomic E-state index is 12.3. The van der Waals surface area contributed by atoms with Crippen molar-refractivity contribution in [3.05, 3.63) is 0 Å². The molecular formula is C15H28N4O6S2. The van der Waals surface area contributed by atoms with Gasteiger partial charge in [-0.2, -0.15) is 24.4 Å². The normalized spacial score (nSPS) is 16.4. The van der Waals surface area contributed by atoms with E-state index in [4.69, 9.17) is 10.8 Å². The number of aliphatic hydroxyl groups is 1. The highest BCUT2D eigenvalue weighted by atomic mass is 32.2. The molecule has 0 aromatic heterocycles. The Morgan fingerprint density at radius 1 is 1.04 bits per heavy atom. The zero-order chi connectivity index (χ0) is 21.1. The summed E-state index contributed by atoms with van der Waals surface area (Å²) in [4.78, 5) is 47.5. The van der Waals surface area contributed by atoms with E-state index in [-0.39, 0.29) is 12.2 Å². The van der Waals surface area contributed by atoms with Crippen molar-refractivity contribution in [2.24, 2.45) is 5.73 Å².